The zero-order valence-corrected chi connectivity index (χ0v) is 17.9. The average Bonchev–Trinajstić information content (AvgIpc) is 2.68. The molecule has 0 aromatic heterocycles. The maximum absolute atomic E-state index is 13.4. The second-order valence-corrected chi connectivity index (χ2v) is 8.89. The van der Waals surface area contributed by atoms with Crippen LogP contribution in [0.3, 0.4) is 0 Å². The lowest BCUT2D eigenvalue weighted by Crippen LogP contribution is -2.57. The molecular weight excluding hydrogens is 440 g/mol. The summed E-state index contributed by atoms with van der Waals surface area (Å²) < 4.78 is 1.02. The highest BCUT2D eigenvalue weighted by Gasteiger charge is 2.48. The Morgan fingerprint density at radius 1 is 0.929 bits per heavy atom. The molecule has 1 saturated heterocycles. The van der Waals surface area contributed by atoms with E-state index in [1.807, 2.05) is 21.9 Å². The van der Waals surface area contributed by atoms with Crippen LogP contribution >= 0.6 is 27.5 Å². The van der Waals surface area contributed by atoms with Crippen molar-refractivity contribution in [2.45, 2.75) is 24.7 Å². The number of amides is 2. The predicted octanol–water partition coefficient (Wildman–Crippen LogP) is 4.51. The van der Waals surface area contributed by atoms with E-state index >= 15 is 0 Å². The second-order valence-electron chi connectivity index (χ2n) is 7.54. The van der Waals surface area contributed by atoms with Crippen LogP contribution in [0, 0.1) is 0 Å². The van der Waals surface area contributed by atoms with E-state index in [1.165, 1.54) is 0 Å². The summed E-state index contributed by atoms with van der Waals surface area (Å²) in [6, 6.07) is 15.1. The first-order valence-corrected chi connectivity index (χ1v) is 10.8. The van der Waals surface area contributed by atoms with Crippen LogP contribution in [0.4, 0.5) is 0 Å². The quantitative estimate of drug-likeness (QED) is 0.675. The molecule has 1 heterocycles. The number of hydrogen-bond donors (Lipinski definition) is 0. The minimum atomic E-state index is -0.389. The number of piperazine rings is 1. The number of nitrogens with zero attached hydrogens (tertiary/aromatic N) is 2. The second kappa shape index (κ2) is 7.88. The summed E-state index contributed by atoms with van der Waals surface area (Å²) in [5.74, 6) is 0.178. The highest BCUT2D eigenvalue weighted by molar-refractivity contribution is 9.10. The predicted molar refractivity (Wildman–Crippen MR) is 114 cm³/mol. The third-order valence-electron chi connectivity index (χ3n) is 5.94. The Hall–Kier alpha value is -1.85. The summed E-state index contributed by atoms with van der Waals surface area (Å²) in [7, 11) is 0. The van der Waals surface area contributed by atoms with Crippen molar-refractivity contribution in [3.05, 3.63) is 69.2 Å². The largest absolute Gasteiger partial charge is 0.338 e. The van der Waals surface area contributed by atoms with Crippen LogP contribution in [0.2, 0.25) is 5.02 Å². The van der Waals surface area contributed by atoms with E-state index in [-0.39, 0.29) is 17.2 Å². The molecule has 4 nitrogen and oxygen atoms in total. The Kier molecular flexibility index (Phi) is 5.48. The number of hydrogen-bond acceptors (Lipinski definition) is 2. The van der Waals surface area contributed by atoms with Gasteiger partial charge >= 0.3 is 0 Å². The fourth-order valence-electron chi connectivity index (χ4n) is 4.14. The Bertz CT molecular complexity index is 888. The van der Waals surface area contributed by atoms with Crippen LogP contribution < -0.4 is 0 Å². The van der Waals surface area contributed by atoms with E-state index < -0.39 is 0 Å². The van der Waals surface area contributed by atoms with E-state index in [2.05, 4.69) is 28.1 Å². The van der Waals surface area contributed by atoms with Gasteiger partial charge in [-0.3, -0.25) is 9.59 Å². The van der Waals surface area contributed by atoms with Gasteiger partial charge in [-0.2, -0.15) is 0 Å². The van der Waals surface area contributed by atoms with Crippen LogP contribution in [0.15, 0.2) is 53.0 Å². The van der Waals surface area contributed by atoms with Crippen molar-refractivity contribution >= 4 is 39.3 Å². The third-order valence-corrected chi connectivity index (χ3v) is 6.70. The normalized spacial score (nSPS) is 18.5. The molecule has 0 atom stereocenters. The lowest BCUT2D eigenvalue weighted by Gasteiger charge is -2.46. The molecule has 1 aliphatic carbocycles. The van der Waals surface area contributed by atoms with Gasteiger partial charge in [0.25, 0.3) is 5.91 Å². The summed E-state index contributed by atoms with van der Waals surface area (Å²) in [6.07, 6.45) is 2.87. The fraction of sp³-hybridized carbons (Fsp3) is 0.364. The van der Waals surface area contributed by atoms with Crippen molar-refractivity contribution < 1.29 is 9.59 Å². The molecule has 1 aliphatic heterocycles. The molecule has 4 rings (SSSR count). The van der Waals surface area contributed by atoms with Crippen LogP contribution in [0.25, 0.3) is 0 Å². The summed E-state index contributed by atoms with van der Waals surface area (Å²) in [5.41, 5.74) is 1.31. The molecular formula is C22H22BrClN2O2. The van der Waals surface area contributed by atoms with Crippen molar-refractivity contribution in [3.8, 4) is 0 Å². The molecule has 0 spiro atoms. The number of benzene rings is 2. The Morgan fingerprint density at radius 2 is 1.57 bits per heavy atom. The molecule has 1 saturated carbocycles. The van der Waals surface area contributed by atoms with E-state index in [0.717, 1.165) is 29.3 Å². The van der Waals surface area contributed by atoms with Crippen molar-refractivity contribution in [2.75, 3.05) is 26.2 Å². The molecule has 0 unspecified atom stereocenters. The fourth-order valence-corrected chi connectivity index (χ4v) is 4.60. The van der Waals surface area contributed by atoms with Gasteiger partial charge in [0, 0.05) is 41.2 Å². The van der Waals surface area contributed by atoms with E-state index in [0.29, 0.717) is 36.8 Å². The molecule has 2 fully saturated rings. The van der Waals surface area contributed by atoms with Gasteiger partial charge in [0.15, 0.2) is 0 Å². The van der Waals surface area contributed by atoms with E-state index in [9.17, 15) is 9.59 Å². The van der Waals surface area contributed by atoms with Crippen LogP contribution in [0.5, 0.6) is 0 Å². The molecule has 0 radical (unpaired) electrons. The van der Waals surface area contributed by atoms with Gasteiger partial charge in [-0.1, -0.05) is 52.2 Å². The number of carbonyl (C=O) groups excluding carboxylic acids is 2. The Balaban J connectivity index is 1.44. The molecule has 6 heteroatoms. The van der Waals surface area contributed by atoms with Crippen molar-refractivity contribution in [3.63, 3.8) is 0 Å². The molecule has 0 N–H and O–H groups in total. The maximum Gasteiger partial charge on any atom is 0.254 e. The van der Waals surface area contributed by atoms with Crippen molar-refractivity contribution in [2.24, 2.45) is 0 Å². The summed E-state index contributed by atoms with van der Waals surface area (Å²) in [5, 5.41) is 0.557. The van der Waals surface area contributed by atoms with Gasteiger partial charge in [0.05, 0.1) is 5.41 Å². The summed E-state index contributed by atoms with van der Waals surface area (Å²) in [4.78, 5) is 29.8. The Labute approximate surface area is 178 Å². The molecule has 2 aromatic rings. The summed E-state index contributed by atoms with van der Waals surface area (Å²) >= 11 is 9.48. The van der Waals surface area contributed by atoms with Crippen molar-refractivity contribution in [1.29, 1.82) is 0 Å². The zero-order valence-electron chi connectivity index (χ0n) is 15.5. The zero-order chi connectivity index (χ0) is 19.7. The van der Waals surface area contributed by atoms with Gasteiger partial charge in [-0.05, 0) is 48.7 Å². The van der Waals surface area contributed by atoms with Crippen LogP contribution in [-0.2, 0) is 10.2 Å². The molecule has 28 heavy (non-hydrogen) atoms. The number of halogens is 2. The number of carbonyl (C=O) groups is 2. The lowest BCUT2D eigenvalue weighted by molar-refractivity contribution is -0.142. The standard InChI is InChI=1S/C22H22BrClN2O2/c23-18-7-5-17(6-8-18)22(9-2-10-22)21(28)26-13-11-25(12-14-26)20(27)16-3-1-4-19(24)15-16/h1,3-8,15H,2,9-14H2. The van der Waals surface area contributed by atoms with E-state index in [1.54, 1.807) is 24.3 Å². The number of rotatable bonds is 3. The van der Waals surface area contributed by atoms with Crippen molar-refractivity contribution in [1.82, 2.24) is 9.80 Å². The summed E-state index contributed by atoms with van der Waals surface area (Å²) in [6.45, 7) is 2.24. The molecule has 2 amide bonds. The average molecular weight is 462 g/mol. The molecule has 2 aliphatic rings. The molecule has 2 aromatic carbocycles. The first-order valence-electron chi connectivity index (χ1n) is 9.60. The molecule has 146 valence electrons. The minimum absolute atomic E-state index is 0.0270. The van der Waals surface area contributed by atoms with Gasteiger partial charge in [0.1, 0.15) is 0 Å². The monoisotopic (exact) mass is 460 g/mol. The first kappa shape index (κ1) is 19.5. The third kappa shape index (κ3) is 3.58. The Morgan fingerprint density at radius 3 is 2.14 bits per heavy atom. The topological polar surface area (TPSA) is 40.6 Å². The maximum atomic E-state index is 13.4. The van der Waals surface area contributed by atoms with Gasteiger partial charge < -0.3 is 9.80 Å². The van der Waals surface area contributed by atoms with Gasteiger partial charge in [0.2, 0.25) is 5.91 Å². The highest BCUT2D eigenvalue weighted by atomic mass is 79.9. The highest BCUT2D eigenvalue weighted by Crippen LogP contribution is 2.45. The lowest BCUT2D eigenvalue weighted by atomic mass is 9.63. The first-order chi connectivity index (χ1) is 13.5. The van der Waals surface area contributed by atoms with Crippen LogP contribution in [-0.4, -0.2) is 47.8 Å². The van der Waals surface area contributed by atoms with E-state index in [4.69, 9.17) is 11.6 Å². The van der Waals surface area contributed by atoms with Gasteiger partial charge in [-0.15, -0.1) is 0 Å². The SMILES string of the molecule is O=C(c1cccc(Cl)c1)N1CCN(C(=O)C2(c3ccc(Br)cc3)CCC2)CC1. The van der Waals surface area contributed by atoms with Crippen LogP contribution in [0.1, 0.15) is 35.2 Å². The van der Waals surface area contributed by atoms with Gasteiger partial charge in [-0.25, -0.2) is 0 Å². The smallest absolute Gasteiger partial charge is 0.254 e. The minimum Gasteiger partial charge on any atom is -0.338 e. The molecule has 0 bridgehead atoms.